The van der Waals surface area contributed by atoms with Gasteiger partial charge in [-0.05, 0) is 24.6 Å². The van der Waals surface area contributed by atoms with Crippen molar-refractivity contribution in [2.24, 2.45) is 0 Å². The first kappa shape index (κ1) is 16.0. The zero-order chi connectivity index (χ0) is 15.9. The van der Waals surface area contributed by atoms with Crippen LogP contribution >= 0.6 is 11.8 Å². The van der Waals surface area contributed by atoms with E-state index in [1.165, 1.54) is 23.9 Å². The Morgan fingerprint density at radius 1 is 1.18 bits per heavy atom. The van der Waals surface area contributed by atoms with Gasteiger partial charge in [-0.25, -0.2) is 0 Å². The second kappa shape index (κ2) is 7.61. The molecule has 0 spiro atoms. The molecule has 0 saturated carbocycles. The molecule has 0 fully saturated rings. The maximum Gasteiger partial charge on any atom is 0.269 e. The van der Waals surface area contributed by atoms with Crippen LogP contribution in [0.25, 0.3) is 0 Å². The molecule has 5 nitrogen and oxygen atoms in total. The molecule has 1 amide bonds. The van der Waals surface area contributed by atoms with Crippen LogP contribution in [0.2, 0.25) is 0 Å². The molecule has 0 aliphatic rings. The van der Waals surface area contributed by atoms with Crippen molar-refractivity contribution in [1.82, 2.24) is 5.32 Å². The quantitative estimate of drug-likeness (QED) is 0.502. The molecular weight excluding hydrogens is 300 g/mol. The Labute approximate surface area is 132 Å². The van der Waals surface area contributed by atoms with Crippen LogP contribution in [-0.2, 0) is 4.79 Å². The van der Waals surface area contributed by atoms with E-state index in [2.05, 4.69) is 5.32 Å². The van der Waals surface area contributed by atoms with Crippen LogP contribution in [0.5, 0.6) is 0 Å². The fourth-order valence-corrected chi connectivity index (χ4v) is 2.63. The first-order valence-electron chi connectivity index (χ1n) is 6.78. The van der Waals surface area contributed by atoms with Crippen LogP contribution in [0.3, 0.4) is 0 Å². The minimum atomic E-state index is -0.442. The van der Waals surface area contributed by atoms with Gasteiger partial charge in [0.2, 0.25) is 5.91 Å². The Morgan fingerprint density at radius 3 is 2.41 bits per heavy atom. The zero-order valence-electron chi connectivity index (χ0n) is 12.1. The molecule has 0 radical (unpaired) electrons. The van der Waals surface area contributed by atoms with Crippen molar-refractivity contribution in [3.63, 3.8) is 0 Å². The van der Waals surface area contributed by atoms with Crippen LogP contribution in [0.4, 0.5) is 5.69 Å². The molecule has 2 aromatic carbocycles. The van der Waals surface area contributed by atoms with E-state index in [0.29, 0.717) is 0 Å². The summed E-state index contributed by atoms with van der Waals surface area (Å²) in [6, 6.07) is 15.9. The Bertz CT molecular complexity index is 644. The Morgan fingerprint density at radius 2 is 1.82 bits per heavy atom. The number of rotatable bonds is 6. The SMILES string of the molecule is C[C@@H](NC(=O)CSc1ccc([N+](=O)[O-])cc1)c1ccccc1. The third-order valence-electron chi connectivity index (χ3n) is 3.09. The maximum atomic E-state index is 11.9. The second-order valence-corrected chi connectivity index (χ2v) is 5.79. The van der Waals surface area contributed by atoms with Gasteiger partial charge in [0, 0.05) is 17.0 Å². The number of nitrogens with zero attached hydrogens (tertiary/aromatic N) is 1. The van der Waals surface area contributed by atoms with E-state index in [1.54, 1.807) is 12.1 Å². The van der Waals surface area contributed by atoms with Gasteiger partial charge in [0.05, 0.1) is 16.7 Å². The summed E-state index contributed by atoms with van der Waals surface area (Å²) in [5.74, 6) is 0.203. The fraction of sp³-hybridized carbons (Fsp3) is 0.188. The van der Waals surface area contributed by atoms with E-state index in [0.717, 1.165) is 10.5 Å². The number of nitro benzene ring substituents is 1. The minimum absolute atomic E-state index is 0.0477. The van der Waals surface area contributed by atoms with Gasteiger partial charge in [-0.1, -0.05) is 30.3 Å². The summed E-state index contributed by atoms with van der Waals surface area (Å²) in [6.45, 7) is 1.93. The molecule has 2 aromatic rings. The molecule has 22 heavy (non-hydrogen) atoms. The van der Waals surface area contributed by atoms with Gasteiger partial charge >= 0.3 is 0 Å². The van der Waals surface area contributed by atoms with Crippen LogP contribution < -0.4 is 5.32 Å². The fourth-order valence-electron chi connectivity index (χ4n) is 1.92. The highest BCUT2D eigenvalue weighted by Gasteiger charge is 2.10. The van der Waals surface area contributed by atoms with Crippen molar-refractivity contribution in [2.75, 3.05) is 5.75 Å². The average Bonchev–Trinajstić information content (AvgIpc) is 2.54. The summed E-state index contributed by atoms with van der Waals surface area (Å²) in [4.78, 5) is 22.9. The third-order valence-corrected chi connectivity index (χ3v) is 4.11. The zero-order valence-corrected chi connectivity index (χ0v) is 12.9. The lowest BCUT2D eigenvalue weighted by molar-refractivity contribution is -0.384. The largest absolute Gasteiger partial charge is 0.349 e. The summed E-state index contributed by atoms with van der Waals surface area (Å²) in [5.41, 5.74) is 1.10. The van der Waals surface area contributed by atoms with E-state index in [-0.39, 0.29) is 23.4 Å². The number of amides is 1. The summed E-state index contributed by atoms with van der Waals surface area (Å²) in [6.07, 6.45) is 0. The molecule has 6 heteroatoms. The van der Waals surface area contributed by atoms with Gasteiger partial charge in [0.1, 0.15) is 0 Å². The van der Waals surface area contributed by atoms with Crippen LogP contribution in [0.15, 0.2) is 59.5 Å². The first-order chi connectivity index (χ1) is 10.6. The predicted molar refractivity (Wildman–Crippen MR) is 86.8 cm³/mol. The number of non-ortho nitro benzene ring substituents is 1. The highest BCUT2D eigenvalue weighted by molar-refractivity contribution is 8.00. The number of nitro groups is 1. The number of thioether (sulfide) groups is 1. The van der Waals surface area contributed by atoms with E-state index in [1.807, 2.05) is 37.3 Å². The van der Waals surface area contributed by atoms with Crippen molar-refractivity contribution < 1.29 is 9.72 Å². The third kappa shape index (κ3) is 4.60. The van der Waals surface area contributed by atoms with E-state index in [4.69, 9.17) is 0 Å². The molecular formula is C16H16N2O3S. The monoisotopic (exact) mass is 316 g/mol. The maximum absolute atomic E-state index is 11.9. The molecule has 0 aromatic heterocycles. The lowest BCUT2D eigenvalue weighted by atomic mass is 10.1. The molecule has 0 aliphatic heterocycles. The van der Waals surface area contributed by atoms with Crippen molar-refractivity contribution in [2.45, 2.75) is 17.9 Å². The lowest BCUT2D eigenvalue weighted by Gasteiger charge is -2.14. The van der Waals surface area contributed by atoms with E-state index >= 15 is 0 Å². The highest BCUT2D eigenvalue weighted by atomic mass is 32.2. The Kier molecular flexibility index (Phi) is 5.55. The number of nitrogens with one attached hydrogen (secondary N) is 1. The molecule has 0 aliphatic carbocycles. The summed E-state index contributed by atoms with van der Waals surface area (Å²) >= 11 is 1.35. The summed E-state index contributed by atoms with van der Waals surface area (Å²) in [7, 11) is 0. The summed E-state index contributed by atoms with van der Waals surface area (Å²) in [5, 5.41) is 13.5. The van der Waals surface area contributed by atoms with Crippen LogP contribution in [0, 0.1) is 10.1 Å². The highest BCUT2D eigenvalue weighted by Crippen LogP contribution is 2.21. The second-order valence-electron chi connectivity index (χ2n) is 4.74. The average molecular weight is 316 g/mol. The Balaban J connectivity index is 1.83. The number of hydrogen-bond donors (Lipinski definition) is 1. The number of carbonyl (C=O) groups excluding carboxylic acids is 1. The molecule has 0 heterocycles. The van der Waals surface area contributed by atoms with Gasteiger partial charge in [-0.15, -0.1) is 11.8 Å². The van der Waals surface area contributed by atoms with Crippen molar-refractivity contribution in [1.29, 1.82) is 0 Å². The molecule has 1 N–H and O–H groups in total. The number of hydrogen-bond acceptors (Lipinski definition) is 4. The molecule has 0 unspecified atom stereocenters. The molecule has 0 saturated heterocycles. The molecule has 2 rings (SSSR count). The van der Waals surface area contributed by atoms with Crippen molar-refractivity contribution in [3.8, 4) is 0 Å². The number of carbonyl (C=O) groups is 1. The standard InChI is InChI=1S/C16H16N2O3S/c1-12(13-5-3-2-4-6-13)17-16(19)11-22-15-9-7-14(8-10-15)18(20)21/h2-10,12H,11H2,1H3,(H,17,19)/t12-/m1/s1. The van der Waals surface area contributed by atoms with Crippen LogP contribution in [0.1, 0.15) is 18.5 Å². The topological polar surface area (TPSA) is 72.2 Å². The summed E-state index contributed by atoms with van der Waals surface area (Å²) < 4.78 is 0. The Hall–Kier alpha value is -2.34. The first-order valence-corrected chi connectivity index (χ1v) is 7.76. The van der Waals surface area contributed by atoms with Crippen LogP contribution in [-0.4, -0.2) is 16.6 Å². The van der Waals surface area contributed by atoms with Crippen molar-refractivity contribution >= 4 is 23.4 Å². The predicted octanol–water partition coefficient (Wildman–Crippen LogP) is 3.56. The van der Waals surface area contributed by atoms with E-state index < -0.39 is 4.92 Å². The van der Waals surface area contributed by atoms with Gasteiger partial charge in [-0.3, -0.25) is 14.9 Å². The van der Waals surface area contributed by atoms with Gasteiger partial charge < -0.3 is 5.32 Å². The van der Waals surface area contributed by atoms with Gasteiger partial charge in [0.15, 0.2) is 0 Å². The minimum Gasteiger partial charge on any atom is -0.349 e. The van der Waals surface area contributed by atoms with Crippen molar-refractivity contribution in [3.05, 3.63) is 70.3 Å². The molecule has 0 bridgehead atoms. The van der Waals surface area contributed by atoms with Gasteiger partial charge in [0.25, 0.3) is 5.69 Å². The normalized spacial score (nSPS) is 11.7. The van der Waals surface area contributed by atoms with Gasteiger partial charge in [-0.2, -0.15) is 0 Å². The molecule has 1 atom stereocenters. The smallest absolute Gasteiger partial charge is 0.269 e. The number of benzene rings is 2. The lowest BCUT2D eigenvalue weighted by Crippen LogP contribution is -2.28. The molecule has 114 valence electrons. The van der Waals surface area contributed by atoms with E-state index in [9.17, 15) is 14.9 Å².